The monoisotopic (exact) mass is 367 g/mol. The normalized spacial score (nSPS) is 23.8. The maximum absolute atomic E-state index is 13.3. The lowest BCUT2D eigenvalue weighted by molar-refractivity contribution is -0.140. The van der Waals surface area contributed by atoms with Crippen molar-refractivity contribution in [1.82, 2.24) is 10.2 Å². The molecule has 0 aromatic carbocycles. The summed E-state index contributed by atoms with van der Waals surface area (Å²) in [5.74, 6) is 1.20. The van der Waals surface area contributed by atoms with Crippen molar-refractivity contribution in [2.45, 2.75) is 72.4 Å². The Bertz CT molecular complexity index is 527. The lowest BCUT2D eigenvalue weighted by Gasteiger charge is -2.34. The van der Waals surface area contributed by atoms with E-state index in [0.29, 0.717) is 0 Å². The van der Waals surface area contributed by atoms with Gasteiger partial charge in [0.1, 0.15) is 6.04 Å². The van der Waals surface area contributed by atoms with Gasteiger partial charge in [-0.25, -0.2) is 0 Å². The molecule has 1 saturated heterocycles. The minimum absolute atomic E-state index is 0.0586. The third-order valence-corrected chi connectivity index (χ3v) is 6.28. The Hall–Kier alpha value is -1.04. The van der Waals surface area contributed by atoms with Crippen LogP contribution < -0.4 is 5.32 Å². The van der Waals surface area contributed by atoms with Crippen molar-refractivity contribution < 1.29 is 9.59 Å². The summed E-state index contributed by atoms with van der Waals surface area (Å²) in [5.41, 5.74) is -0.500. The first-order valence-electron chi connectivity index (χ1n) is 9.54. The van der Waals surface area contributed by atoms with Gasteiger partial charge >= 0.3 is 0 Å². The van der Waals surface area contributed by atoms with Gasteiger partial charge < -0.3 is 10.2 Å². The van der Waals surface area contributed by atoms with E-state index in [2.05, 4.69) is 17.2 Å². The van der Waals surface area contributed by atoms with Gasteiger partial charge in [0.25, 0.3) is 0 Å². The van der Waals surface area contributed by atoms with E-state index in [4.69, 9.17) is 0 Å². The summed E-state index contributed by atoms with van der Waals surface area (Å²) in [5, 5.41) is 4.14. The number of aliphatic imine (C=N–C) groups is 1. The van der Waals surface area contributed by atoms with Gasteiger partial charge in [0.05, 0.1) is 11.1 Å². The average Bonchev–Trinajstić information content (AvgIpc) is 3.07. The highest BCUT2D eigenvalue weighted by Crippen LogP contribution is 2.28. The predicted octanol–water partition coefficient (Wildman–Crippen LogP) is 3.09. The summed E-state index contributed by atoms with van der Waals surface area (Å²) in [6, 6.07) is -0.345. The molecule has 2 aliphatic rings. The number of likely N-dealkylation sites (tertiary alicyclic amines) is 1. The number of nitrogens with one attached hydrogen (secondary N) is 1. The van der Waals surface area contributed by atoms with Crippen molar-refractivity contribution in [2.75, 3.05) is 18.8 Å². The fourth-order valence-corrected chi connectivity index (χ4v) is 4.29. The molecule has 2 heterocycles. The molecule has 1 fully saturated rings. The highest BCUT2D eigenvalue weighted by molar-refractivity contribution is 8.14. The smallest absolute Gasteiger partial charge is 0.246 e. The minimum atomic E-state index is -0.500. The zero-order valence-corrected chi connectivity index (χ0v) is 17.1. The summed E-state index contributed by atoms with van der Waals surface area (Å²) in [6.45, 7) is 11.4. The maximum atomic E-state index is 13.3. The number of nitrogens with zero attached hydrogens (tertiary/aromatic N) is 2. The van der Waals surface area contributed by atoms with Crippen LogP contribution in [-0.4, -0.2) is 52.7 Å². The molecule has 2 aliphatic heterocycles. The largest absolute Gasteiger partial charge is 0.344 e. The molecular formula is C19H33N3O2S. The van der Waals surface area contributed by atoms with Crippen LogP contribution in [0.2, 0.25) is 0 Å². The quantitative estimate of drug-likeness (QED) is 0.812. The number of thioether (sulfide) groups is 1. The number of hydrogen-bond donors (Lipinski definition) is 1. The Morgan fingerprint density at radius 1 is 1.36 bits per heavy atom. The van der Waals surface area contributed by atoms with Crippen LogP contribution >= 0.6 is 11.8 Å². The van der Waals surface area contributed by atoms with Crippen molar-refractivity contribution in [1.29, 1.82) is 0 Å². The molecule has 2 rings (SSSR count). The molecule has 0 aromatic heterocycles. The fourth-order valence-electron chi connectivity index (χ4n) is 3.18. The third kappa shape index (κ3) is 4.99. The van der Waals surface area contributed by atoms with Crippen LogP contribution in [0.25, 0.3) is 0 Å². The minimum Gasteiger partial charge on any atom is -0.344 e. The predicted molar refractivity (Wildman–Crippen MR) is 105 cm³/mol. The van der Waals surface area contributed by atoms with E-state index in [0.717, 1.165) is 49.6 Å². The van der Waals surface area contributed by atoms with Gasteiger partial charge in [-0.05, 0) is 25.2 Å². The molecule has 0 radical (unpaired) electrons. The molecule has 2 amide bonds. The highest BCUT2D eigenvalue weighted by atomic mass is 32.2. The highest BCUT2D eigenvalue weighted by Gasteiger charge is 2.39. The molecule has 0 saturated carbocycles. The Labute approximate surface area is 156 Å². The van der Waals surface area contributed by atoms with Crippen LogP contribution in [-0.2, 0) is 9.59 Å². The number of amides is 2. The van der Waals surface area contributed by atoms with E-state index in [1.807, 2.05) is 32.6 Å². The molecule has 25 heavy (non-hydrogen) atoms. The van der Waals surface area contributed by atoms with Gasteiger partial charge in [-0.2, -0.15) is 0 Å². The van der Waals surface area contributed by atoms with Gasteiger partial charge in [-0.3, -0.25) is 14.6 Å². The van der Waals surface area contributed by atoms with Crippen molar-refractivity contribution in [2.24, 2.45) is 16.3 Å². The molecule has 6 heteroatoms. The second-order valence-corrected chi connectivity index (χ2v) is 9.31. The summed E-state index contributed by atoms with van der Waals surface area (Å²) < 4.78 is 0. The van der Waals surface area contributed by atoms with E-state index in [1.165, 1.54) is 0 Å². The zero-order chi connectivity index (χ0) is 18.6. The Morgan fingerprint density at radius 3 is 2.64 bits per heavy atom. The average molecular weight is 368 g/mol. The van der Waals surface area contributed by atoms with E-state index in [9.17, 15) is 9.59 Å². The first kappa shape index (κ1) is 20.3. The number of carbonyl (C=O) groups is 2. The number of carbonyl (C=O) groups excluding carboxylic acids is 2. The fraction of sp³-hybridized carbons (Fsp3) is 0.842. The van der Waals surface area contributed by atoms with Crippen molar-refractivity contribution in [3.05, 3.63) is 0 Å². The van der Waals surface area contributed by atoms with Gasteiger partial charge in [-0.1, -0.05) is 41.0 Å². The van der Waals surface area contributed by atoms with Crippen LogP contribution in [0.4, 0.5) is 0 Å². The van der Waals surface area contributed by atoms with E-state index in [-0.39, 0.29) is 23.8 Å². The van der Waals surface area contributed by atoms with Gasteiger partial charge in [-0.15, -0.1) is 11.8 Å². The molecule has 0 aromatic rings. The lowest BCUT2D eigenvalue weighted by atomic mass is 9.92. The van der Waals surface area contributed by atoms with E-state index in [1.54, 1.807) is 11.8 Å². The van der Waals surface area contributed by atoms with Crippen molar-refractivity contribution in [3.8, 4) is 0 Å². The molecule has 0 bridgehead atoms. The Kier molecular flexibility index (Phi) is 6.94. The molecule has 0 unspecified atom stereocenters. The van der Waals surface area contributed by atoms with Crippen LogP contribution in [0, 0.1) is 11.3 Å². The van der Waals surface area contributed by atoms with Crippen LogP contribution in [0.3, 0.4) is 0 Å². The van der Waals surface area contributed by atoms with Crippen LogP contribution in [0.1, 0.15) is 60.3 Å². The molecule has 142 valence electrons. The van der Waals surface area contributed by atoms with E-state index < -0.39 is 11.5 Å². The lowest BCUT2D eigenvalue weighted by Crippen LogP contribution is -2.55. The molecule has 1 N–H and O–H groups in total. The second kappa shape index (κ2) is 8.56. The SMILES string of the molecule is CC[C@H](C)[C@H](NC(=O)C(C)(C)C)C(=O)N1CCC[C@H]1C1=NCCCS1. The Balaban J connectivity index is 2.17. The number of hydrogen-bond acceptors (Lipinski definition) is 4. The standard InChI is InChI=1S/C19H33N3O2S/c1-6-13(2)15(21-18(24)19(3,4)5)17(23)22-11-7-9-14(22)16-20-10-8-12-25-16/h13-15H,6-12H2,1-5H3,(H,21,24)/t13-,14-,15-/m0/s1. The zero-order valence-electron chi connectivity index (χ0n) is 16.3. The summed E-state index contributed by atoms with van der Waals surface area (Å²) in [6.07, 6.45) is 3.97. The molecule has 0 aliphatic carbocycles. The van der Waals surface area contributed by atoms with E-state index >= 15 is 0 Å². The van der Waals surface area contributed by atoms with Crippen LogP contribution in [0.15, 0.2) is 4.99 Å². The van der Waals surface area contributed by atoms with Gasteiger partial charge in [0.15, 0.2) is 0 Å². The molecule has 3 atom stereocenters. The van der Waals surface area contributed by atoms with Crippen molar-refractivity contribution in [3.63, 3.8) is 0 Å². The first-order chi connectivity index (χ1) is 11.8. The second-order valence-electron chi connectivity index (χ2n) is 8.20. The maximum Gasteiger partial charge on any atom is 0.246 e. The molecular weight excluding hydrogens is 334 g/mol. The Morgan fingerprint density at radius 2 is 2.08 bits per heavy atom. The summed E-state index contributed by atoms with van der Waals surface area (Å²) >= 11 is 1.79. The molecule has 5 nitrogen and oxygen atoms in total. The third-order valence-electron chi connectivity index (χ3n) is 5.09. The topological polar surface area (TPSA) is 61.8 Å². The van der Waals surface area contributed by atoms with Gasteiger partial charge in [0.2, 0.25) is 11.8 Å². The summed E-state index contributed by atoms with van der Waals surface area (Å²) in [4.78, 5) is 32.4. The van der Waals surface area contributed by atoms with Crippen molar-refractivity contribution >= 4 is 28.6 Å². The number of rotatable bonds is 5. The van der Waals surface area contributed by atoms with Crippen LogP contribution in [0.5, 0.6) is 0 Å². The first-order valence-corrected chi connectivity index (χ1v) is 10.5. The summed E-state index contributed by atoms with van der Waals surface area (Å²) in [7, 11) is 0. The van der Waals surface area contributed by atoms with Gasteiger partial charge in [0, 0.05) is 24.3 Å². The molecule has 0 spiro atoms.